The molecular formula is C15H25FN4. The summed E-state index contributed by atoms with van der Waals surface area (Å²) in [6, 6.07) is 3.67. The number of pyridine rings is 1. The van der Waals surface area contributed by atoms with Crippen LogP contribution in [0.25, 0.3) is 0 Å². The Labute approximate surface area is 120 Å². The summed E-state index contributed by atoms with van der Waals surface area (Å²) in [7, 11) is 0. The summed E-state index contributed by atoms with van der Waals surface area (Å²) in [5.41, 5.74) is 5.69. The first-order valence-corrected chi connectivity index (χ1v) is 7.55. The fourth-order valence-corrected chi connectivity index (χ4v) is 2.96. The number of nitrogens with two attached hydrogens (primary N) is 1. The minimum atomic E-state index is -0.227. The maximum absolute atomic E-state index is 13.8. The molecule has 1 aromatic rings. The summed E-state index contributed by atoms with van der Waals surface area (Å²) in [4.78, 5) is 8.74. The first-order chi connectivity index (χ1) is 9.76. The molecule has 112 valence electrons. The molecule has 0 amide bonds. The van der Waals surface area contributed by atoms with E-state index in [4.69, 9.17) is 5.73 Å². The summed E-state index contributed by atoms with van der Waals surface area (Å²) in [6.45, 7) is 6.64. The summed E-state index contributed by atoms with van der Waals surface area (Å²) >= 11 is 0. The normalized spacial score (nSPS) is 18.9. The molecule has 5 heteroatoms. The van der Waals surface area contributed by atoms with E-state index < -0.39 is 0 Å². The number of aromatic nitrogens is 1. The molecule has 0 spiro atoms. The fourth-order valence-electron chi connectivity index (χ4n) is 2.96. The third kappa shape index (κ3) is 3.67. The standard InChI is InChI=1S/C15H25FN4/c1-2-13(6-7-17)19-9-4-10-20(12-11-19)15-14(16)5-3-8-18-15/h3,5,8,13H,2,4,6-7,9-12,17H2,1H3. The first-order valence-electron chi connectivity index (χ1n) is 7.55. The lowest BCUT2D eigenvalue weighted by Gasteiger charge is -2.29. The van der Waals surface area contributed by atoms with Crippen molar-refractivity contribution in [3.05, 3.63) is 24.1 Å². The molecule has 0 radical (unpaired) electrons. The molecule has 1 unspecified atom stereocenters. The van der Waals surface area contributed by atoms with Crippen LogP contribution >= 0.6 is 0 Å². The zero-order valence-electron chi connectivity index (χ0n) is 12.3. The van der Waals surface area contributed by atoms with Crippen LogP contribution < -0.4 is 10.6 Å². The molecule has 2 rings (SSSR count). The van der Waals surface area contributed by atoms with Gasteiger partial charge in [-0.05, 0) is 37.9 Å². The summed E-state index contributed by atoms with van der Waals surface area (Å²) < 4.78 is 13.8. The van der Waals surface area contributed by atoms with E-state index >= 15 is 0 Å². The van der Waals surface area contributed by atoms with Crippen LogP contribution in [0.5, 0.6) is 0 Å². The predicted molar refractivity (Wildman–Crippen MR) is 80.3 cm³/mol. The van der Waals surface area contributed by atoms with Crippen LogP contribution in [0.4, 0.5) is 10.2 Å². The zero-order valence-corrected chi connectivity index (χ0v) is 12.3. The maximum atomic E-state index is 13.8. The largest absolute Gasteiger partial charge is 0.353 e. The van der Waals surface area contributed by atoms with E-state index in [1.54, 1.807) is 12.3 Å². The highest BCUT2D eigenvalue weighted by atomic mass is 19.1. The average molecular weight is 280 g/mol. The number of nitrogens with zero attached hydrogens (tertiary/aromatic N) is 3. The highest BCUT2D eigenvalue weighted by Crippen LogP contribution is 2.19. The van der Waals surface area contributed by atoms with Crippen LogP contribution in [0.3, 0.4) is 0 Å². The Balaban J connectivity index is 2.00. The Hall–Kier alpha value is -1.20. The van der Waals surface area contributed by atoms with Crippen molar-refractivity contribution in [1.29, 1.82) is 0 Å². The number of halogens is 1. The predicted octanol–water partition coefficient (Wildman–Crippen LogP) is 1.86. The van der Waals surface area contributed by atoms with Crippen molar-refractivity contribution in [2.75, 3.05) is 37.6 Å². The minimum absolute atomic E-state index is 0.227. The molecule has 0 aromatic carbocycles. The summed E-state index contributed by atoms with van der Waals surface area (Å²) in [5, 5.41) is 0. The van der Waals surface area contributed by atoms with Crippen molar-refractivity contribution in [3.8, 4) is 0 Å². The van der Waals surface area contributed by atoms with Gasteiger partial charge >= 0.3 is 0 Å². The highest BCUT2D eigenvalue weighted by Gasteiger charge is 2.22. The third-order valence-corrected chi connectivity index (χ3v) is 4.06. The van der Waals surface area contributed by atoms with Crippen LogP contribution in [0.15, 0.2) is 18.3 Å². The van der Waals surface area contributed by atoms with Gasteiger partial charge in [0.2, 0.25) is 0 Å². The molecule has 1 saturated heterocycles. The van der Waals surface area contributed by atoms with Gasteiger partial charge in [-0.15, -0.1) is 0 Å². The van der Waals surface area contributed by atoms with Crippen molar-refractivity contribution >= 4 is 5.82 Å². The second kappa shape index (κ2) is 7.55. The van der Waals surface area contributed by atoms with Gasteiger partial charge in [-0.3, -0.25) is 4.90 Å². The smallest absolute Gasteiger partial charge is 0.165 e. The van der Waals surface area contributed by atoms with Gasteiger partial charge in [-0.2, -0.15) is 0 Å². The summed E-state index contributed by atoms with van der Waals surface area (Å²) in [5.74, 6) is 0.260. The molecule has 0 saturated carbocycles. The number of hydrogen-bond donors (Lipinski definition) is 1. The van der Waals surface area contributed by atoms with Gasteiger partial charge in [0.25, 0.3) is 0 Å². The van der Waals surface area contributed by atoms with Crippen LogP contribution in [-0.2, 0) is 0 Å². The maximum Gasteiger partial charge on any atom is 0.165 e. The van der Waals surface area contributed by atoms with Gasteiger partial charge in [0.05, 0.1) is 0 Å². The molecular weight excluding hydrogens is 255 g/mol. The molecule has 0 bridgehead atoms. The Bertz CT molecular complexity index is 413. The molecule has 2 heterocycles. The fraction of sp³-hybridized carbons (Fsp3) is 0.667. The number of hydrogen-bond acceptors (Lipinski definition) is 4. The second-order valence-electron chi connectivity index (χ2n) is 5.32. The van der Waals surface area contributed by atoms with Gasteiger partial charge in [-0.1, -0.05) is 6.92 Å². The third-order valence-electron chi connectivity index (χ3n) is 4.06. The van der Waals surface area contributed by atoms with E-state index in [1.165, 1.54) is 6.07 Å². The highest BCUT2D eigenvalue weighted by molar-refractivity contribution is 5.39. The first kappa shape index (κ1) is 15.2. The van der Waals surface area contributed by atoms with Gasteiger partial charge in [0.15, 0.2) is 11.6 Å². The van der Waals surface area contributed by atoms with E-state index in [2.05, 4.69) is 21.7 Å². The van der Waals surface area contributed by atoms with Crippen LogP contribution in [-0.4, -0.2) is 48.6 Å². The van der Waals surface area contributed by atoms with Crippen LogP contribution in [0.2, 0.25) is 0 Å². The van der Waals surface area contributed by atoms with Crippen molar-refractivity contribution in [2.45, 2.75) is 32.2 Å². The van der Waals surface area contributed by atoms with E-state index in [1.807, 2.05) is 0 Å². The van der Waals surface area contributed by atoms with Crippen molar-refractivity contribution in [3.63, 3.8) is 0 Å². The lowest BCUT2D eigenvalue weighted by molar-refractivity contribution is 0.196. The molecule has 1 aromatic heterocycles. The van der Waals surface area contributed by atoms with Crippen LogP contribution in [0.1, 0.15) is 26.2 Å². The van der Waals surface area contributed by atoms with Gasteiger partial charge in [0.1, 0.15) is 0 Å². The summed E-state index contributed by atoms with van der Waals surface area (Å²) in [6.07, 6.45) is 4.85. The van der Waals surface area contributed by atoms with E-state index in [0.29, 0.717) is 11.9 Å². The lowest BCUT2D eigenvalue weighted by atomic mass is 10.1. The van der Waals surface area contributed by atoms with Crippen molar-refractivity contribution < 1.29 is 4.39 Å². The van der Waals surface area contributed by atoms with E-state index in [-0.39, 0.29) is 5.82 Å². The number of rotatable bonds is 5. The van der Waals surface area contributed by atoms with E-state index in [0.717, 1.165) is 52.0 Å². The quantitative estimate of drug-likeness (QED) is 0.894. The Morgan fingerprint density at radius 3 is 2.90 bits per heavy atom. The average Bonchev–Trinajstić information content (AvgIpc) is 2.71. The van der Waals surface area contributed by atoms with Gasteiger partial charge in [-0.25, -0.2) is 9.37 Å². The molecule has 1 aliphatic rings. The zero-order chi connectivity index (χ0) is 14.4. The molecule has 1 aliphatic heterocycles. The molecule has 1 fully saturated rings. The second-order valence-corrected chi connectivity index (χ2v) is 5.32. The monoisotopic (exact) mass is 280 g/mol. The SMILES string of the molecule is CCC(CCN)N1CCCN(c2ncccc2F)CC1. The molecule has 0 aliphatic carbocycles. The van der Waals surface area contributed by atoms with Crippen molar-refractivity contribution in [1.82, 2.24) is 9.88 Å². The van der Waals surface area contributed by atoms with Gasteiger partial charge < -0.3 is 10.6 Å². The number of anilines is 1. The molecule has 2 N–H and O–H groups in total. The Morgan fingerprint density at radius 1 is 1.35 bits per heavy atom. The van der Waals surface area contributed by atoms with Gasteiger partial charge in [0, 0.05) is 38.4 Å². The Kier molecular flexibility index (Phi) is 5.73. The van der Waals surface area contributed by atoms with Crippen molar-refractivity contribution in [2.24, 2.45) is 5.73 Å². The topological polar surface area (TPSA) is 45.4 Å². The van der Waals surface area contributed by atoms with E-state index in [9.17, 15) is 4.39 Å². The van der Waals surface area contributed by atoms with Crippen LogP contribution in [0, 0.1) is 5.82 Å². The molecule has 4 nitrogen and oxygen atoms in total. The molecule has 1 atom stereocenters. The minimum Gasteiger partial charge on any atom is -0.353 e. The lowest BCUT2D eigenvalue weighted by Crippen LogP contribution is -2.39. The Morgan fingerprint density at radius 2 is 2.20 bits per heavy atom. The molecule has 20 heavy (non-hydrogen) atoms.